The van der Waals surface area contributed by atoms with E-state index in [0.29, 0.717) is 13.0 Å². The van der Waals surface area contributed by atoms with E-state index in [2.05, 4.69) is 22.9 Å². The number of carbonyl (C=O) groups is 2. The van der Waals surface area contributed by atoms with Crippen LogP contribution in [-0.2, 0) is 14.3 Å². The van der Waals surface area contributed by atoms with Crippen molar-refractivity contribution in [2.45, 2.75) is 66.2 Å². The minimum atomic E-state index is -0.663. The second-order valence-corrected chi connectivity index (χ2v) is 6.25. The molecule has 0 radical (unpaired) electrons. The number of carbonyl (C=O) groups excluding carboxylic acids is 2. The van der Waals surface area contributed by atoms with Crippen molar-refractivity contribution in [3.63, 3.8) is 0 Å². The maximum atomic E-state index is 12.3. The van der Waals surface area contributed by atoms with Gasteiger partial charge in [-0.2, -0.15) is 0 Å². The Morgan fingerprint density at radius 2 is 1.76 bits per heavy atom. The molecular weight excluding hydrogens is 332 g/mol. The van der Waals surface area contributed by atoms with Gasteiger partial charge in [-0.15, -0.1) is 0 Å². The molecule has 0 aliphatic carbocycles. The number of hydrogen-bond donors (Lipinski definition) is 0. The highest BCUT2D eigenvalue weighted by atomic mass is 79.9. The Balaban J connectivity index is 5.14. The van der Waals surface area contributed by atoms with Crippen LogP contribution in [0.3, 0.4) is 0 Å². The fourth-order valence-electron chi connectivity index (χ4n) is 2.29. The minimum absolute atomic E-state index is 0.00478. The van der Waals surface area contributed by atoms with Crippen LogP contribution < -0.4 is 0 Å². The number of esters is 1. The second-order valence-electron chi connectivity index (χ2n) is 5.24. The first kappa shape index (κ1) is 20.4. The van der Waals surface area contributed by atoms with Crippen LogP contribution in [0.1, 0.15) is 66.2 Å². The van der Waals surface area contributed by atoms with E-state index < -0.39 is 5.92 Å². The zero-order chi connectivity index (χ0) is 16.3. The van der Waals surface area contributed by atoms with E-state index in [1.165, 1.54) is 0 Å². The molecule has 0 amide bonds. The fraction of sp³-hybridized carbons (Fsp3) is 0.765. The highest BCUT2D eigenvalue weighted by molar-refractivity contribution is 9.11. The summed E-state index contributed by atoms with van der Waals surface area (Å²) in [4.78, 5) is 24.5. The Hall–Kier alpha value is -0.640. The molecule has 0 saturated heterocycles. The monoisotopic (exact) mass is 360 g/mol. The quantitative estimate of drug-likeness (QED) is 0.383. The number of rotatable bonds is 11. The highest BCUT2D eigenvalue weighted by Crippen LogP contribution is 2.27. The van der Waals surface area contributed by atoms with Crippen LogP contribution in [0.2, 0.25) is 0 Å². The molecule has 2 unspecified atom stereocenters. The number of ketones is 1. The summed E-state index contributed by atoms with van der Waals surface area (Å²) in [5.41, 5.74) is 0. The topological polar surface area (TPSA) is 43.4 Å². The summed E-state index contributed by atoms with van der Waals surface area (Å²) >= 11 is 3.56. The van der Waals surface area contributed by atoms with Gasteiger partial charge in [0.15, 0.2) is 0 Å². The predicted octanol–water partition coefficient (Wildman–Crippen LogP) is 5.03. The molecule has 0 aromatic heterocycles. The zero-order valence-corrected chi connectivity index (χ0v) is 15.4. The van der Waals surface area contributed by atoms with E-state index in [1.807, 2.05) is 19.9 Å². The average molecular weight is 361 g/mol. The third-order valence-corrected chi connectivity index (χ3v) is 4.11. The van der Waals surface area contributed by atoms with Gasteiger partial charge in [0.05, 0.1) is 6.61 Å². The molecule has 3 nitrogen and oxygen atoms in total. The van der Waals surface area contributed by atoms with Crippen molar-refractivity contribution in [2.75, 3.05) is 6.61 Å². The number of Topliss-reactive ketones (excluding diaryl/α,β-unsaturated/α-hetero) is 1. The molecule has 0 aromatic carbocycles. The molecule has 0 fully saturated rings. The molecule has 0 saturated carbocycles. The second kappa shape index (κ2) is 12.0. The molecule has 0 heterocycles. The van der Waals surface area contributed by atoms with Crippen molar-refractivity contribution in [1.82, 2.24) is 0 Å². The van der Waals surface area contributed by atoms with Gasteiger partial charge in [0.25, 0.3) is 0 Å². The number of halogens is 1. The number of hydrogen-bond acceptors (Lipinski definition) is 3. The van der Waals surface area contributed by atoms with Crippen molar-refractivity contribution in [1.29, 1.82) is 0 Å². The largest absolute Gasteiger partial charge is 0.465 e. The van der Waals surface area contributed by atoms with E-state index in [-0.39, 0.29) is 17.7 Å². The molecule has 0 aromatic rings. The van der Waals surface area contributed by atoms with Crippen LogP contribution in [0.4, 0.5) is 0 Å². The Kier molecular flexibility index (Phi) is 11.6. The van der Waals surface area contributed by atoms with Crippen LogP contribution in [0.5, 0.6) is 0 Å². The Labute approximate surface area is 137 Å². The van der Waals surface area contributed by atoms with Gasteiger partial charge in [-0.3, -0.25) is 9.59 Å². The lowest BCUT2D eigenvalue weighted by Gasteiger charge is -2.21. The first-order valence-electron chi connectivity index (χ1n) is 8.07. The molecule has 0 rings (SSSR count). The van der Waals surface area contributed by atoms with Crippen molar-refractivity contribution in [2.24, 2.45) is 11.8 Å². The summed E-state index contributed by atoms with van der Waals surface area (Å²) in [6.07, 6.45) is 7.14. The van der Waals surface area contributed by atoms with E-state index in [4.69, 9.17) is 4.74 Å². The van der Waals surface area contributed by atoms with Crippen LogP contribution in [0, 0.1) is 11.8 Å². The summed E-state index contributed by atoms with van der Waals surface area (Å²) in [6.45, 7) is 8.18. The van der Waals surface area contributed by atoms with Gasteiger partial charge < -0.3 is 4.74 Å². The fourth-order valence-corrected chi connectivity index (χ4v) is 2.91. The Morgan fingerprint density at radius 3 is 2.24 bits per heavy atom. The van der Waals surface area contributed by atoms with E-state index >= 15 is 0 Å². The Bertz CT molecular complexity index is 332. The predicted molar refractivity (Wildman–Crippen MR) is 90.4 cm³/mol. The van der Waals surface area contributed by atoms with Crippen molar-refractivity contribution in [3.05, 3.63) is 10.6 Å². The maximum absolute atomic E-state index is 12.3. The van der Waals surface area contributed by atoms with Crippen molar-refractivity contribution < 1.29 is 14.3 Å². The normalized spacial score (nSPS) is 14.6. The zero-order valence-electron chi connectivity index (χ0n) is 13.8. The van der Waals surface area contributed by atoms with Crippen LogP contribution >= 0.6 is 15.9 Å². The first-order valence-corrected chi connectivity index (χ1v) is 8.86. The lowest BCUT2D eigenvalue weighted by molar-refractivity contribution is -0.153. The van der Waals surface area contributed by atoms with Gasteiger partial charge in [0.1, 0.15) is 11.7 Å². The molecule has 0 spiro atoms. The first-order chi connectivity index (χ1) is 10.0. The van der Waals surface area contributed by atoms with E-state index in [9.17, 15) is 9.59 Å². The lowest BCUT2D eigenvalue weighted by Crippen LogP contribution is -2.32. The third-order valence-electron chi connectivity index (χ3n) is 3.45. The third kappa shape index (κ3) is 7.79. The molecule has 0 N–H and O–H groups in total. The molecule has 0 bridgehead atoms. The number of ether oxygens (including phenoxy) is 1. The number of unbranched alkanes of at least 4 members (excludes halogenated alkanes) is 1. The van der Waals surface area contributed by atoms with Crippen LogP contribution in [0.15, 0.2) is 10.6 Å². The summed E-state index contributed by atoms with van der Waals surface area (Å²) < 4.78 is 6.19. The van der Waals surface area contributed by atoms with Crippen LogP contribution in [0.25, 0.3) is 0 Å². The lowest BCUT2D eigenvalue weighted by atomic mass is 9.84. The van der Waals surface area contributed by atoms with Gasteiger partial charge in [0.2, 0.25) is 0 Å². The molecule has 21 heavy (non-hydrogen) atoms. The van der Waals surface area contributed by atoms with Gasteiger partial charge in [-0.05, 0) is 43.0 Å². The summed E-state index contributed by atoms with van der Waals surface area (Å²) in [5, 5.41) is 0. The minimum Gasteiger partial charge on any atom is -0.465 e. The molecular formula is C17H29BrO3. The summed E-state index contributed by atoms with van der Waals surface area (Å²) in [7, 11) is 0. The molecule has 0 aliphatic heterocycles. The van der Waals surface area contributed by atoms with Crippen molar-refractivity contribution >= 4 is 27.7 Å². The van der Waals surface area contributed by atoms with Gasteiger partial charge >= 0.3 is 5.97 Å². The van der Waals surface area contributed by atoms with Gasteiger partial charge in [-0.1, -0.05) is 49.2 Å². The maximum Gasteiger partial charge on any atom is 0.317 e. The molecule has 0 aliphatic rings. The van der Waals surface area contributed by atoms with Gasteiger partial charge in [-0.25, -0.2) is 0 Å². The Morgan fingerprint density at radius 1 is 1.10 bits per heavy atom. The van der Waals surface area contributed by atoms with Crippen molar-refractivity contribution in [3.8, 4) is 0 Å². The smallest absolute Gasteiger partial charge is 0.317 e. The molecule has 4 heteroatoms. The van der Waals surface area contributed by atoms with Gasteiger partial charge in [0, 0.05) is 6.42 Å². The standard InChI is InChI=1S/C17H29BrO3/c1-5-9-11-14(18)12-13(7-3)16(15(19)10-6-2)17(20)21-8-4/h12-13,16H,5-11H2,1-4H3/b14-12-. The van der Waals surface area contributed by atoms with E-state index in [0.717, 1.165) is 36.6 Å². The average Bonchev–Trinajstić information content (AvgIpc) is 2.44. The summed E-state index contributed by atoms with van der Waals surface area (Å²) in [6, 6.07) is 0. The molecule has 2 atom stereocenters. The highest BCUT2D eigenvalue weighted by Gasteiger charge is 2.33. The SMILES string of the molecule is CCCC/C(Br)=C/C(CC)C(C(=O)CCC)C(=O)OCC. The number of allylic oxidation sites excluding steroid dienone is 2. The van der Waals surface area contributed by atoms with E-state index in [1.54, 1.807) is 6.92 Å². The molecule has 122 valence electrons. The van der Waals surface area contributed by atoms with Crippen LogP contribution in [-0.4, -0.2) is 18.4 Å². The summed E-state index contributed by atoms with van der Waals surface area (Å²) in [5.74, 6) is -1.14.